The molecule has 1 N–H and O–H groups in total. The number of nitro groups is 1. The number of carbonyl (C=O) groups is 1. The zero-order valence-electron chi connectivity index (χ0n) is 18.1. The molecule has 1 fully saturated rings. The van der Waals surface area contributed by atoms with Crippen LogP contribution in [-0.4, -0.2) is 25.6 Å². The van der Waals surface area contributed by atoms with Gasteiger partial charge in [0.1, 0.15) is 10.5 Å². The molecular weight excluding hydrogens is 448 g/mol. The lowest BCUT2D eigenvalue weighted by Crippen LogP contribution is -2.29. The summed E-state index contributed by atoms with van der Waals surface area (Å²) in [5, 5.41) is 14.5. The Balaban J connectivity index is 1.67. The average molecular weight is 473 g/mol. The molecule has 10 heteroatoms. The van der Waals surface area contributed by atoms with E-state index in [2.05, 4.69) is 5.32 Å². The van der Waals surface area contributed by atoms with E-state index in [4.69, 9.17) is 4.98 Å². The number of thiophene rings is 1. The Hall–Kier alpha value is -2.72. The summed E-state index contributed by atoms with van der Waals surface area (Å²) in [5.41, 5.74) is 0.909. The van der Waals surface area contributed by atoms with Crippen LogP contribution in [0.5, 0.6) is 0 Å². The zero-order valence-corrected chi connectivity index (χ0v) is 19.7. The van der Waals surface area contributed by atoms with Crippen molar-refractivity contribution in [3.05, 3.63) is 55.2 Å². The second kappa shape index (κ2) is 9.03. The van der Waals surface area contributed by atoms with E-state index in [0.717, 1.165) is 36.1 Å². The lowest BCUT2D eigenvalue weighted by atomic mass is 10.2. The van der Waals surface area contributed by atoms with Crippen LogP contribution in [0.1, 0.15) is 49.1 Å². The fourth-order valence-corrected chi connectivity index (χ4v) is 6.09. The molecule has 1 aromatic carbocycles. The number of nitrogens with zero attached hydrogens (tertiary/aromatic N) is 3. The maximum atomic E-state index is 13.5. The fourth-order valence-electron chi connectivity index (χ4n) is 4.04. The van der Waals surface area contributed by atoms with E-state index in [1.54, 1.807) is 23.6 Å². The monoisotopic (exact) mass is 472 g/mol. The molecule has 1 saturated carbocycles. The Labute approximate surface area is 193 Å². The van der Waals surface area contributed by atoms with Gasteiger partial charge in [0.05, 0.1) is 15.6 Å². The largest absolute Gasteiger partial charge is 0.319 e. The van der Waals surface area contributed by atoms with Crippen molar-refractivity contribution < 1.29 is 9.72 Å². The molecule has 2 heterocycles. The molecule has 0 radical (unpaired) electrons. The maximum absolute atomic E-state index is 13.5. The van der Waals surface area contributed by atoms with Gasteiger partial charge >= 0.3 is 0 Å². The number of hydrogen-bond acceptors (Lipinski definition) is 7. The van der Waals surface area contributed by atoms with Crippen molar-refractivity contribution in [2.75, 3.05) is 5.32 Å². The molecule has 4 rings (SSSR count). The number of hydrogen-bond donors (Lipinski definition) is 1. The highest BCUT2D eigenvalue weighted by atomic mass is 32.2. The lowest BCUT2D eigenvalue weighted by molar-refractivity contribution is -0.383. The summed E-state index contributed by atoms with van der Waals surface area (Å²) in [6, 6.07) is 6.11. The molecule has 1 aliphatic rings. The van der Waals surface area contributed by atoms with Crippen LogP contribution in [0.2, 0.25) is 0 Å². The van der Waals surface area contributed by atoms with E-state index in [9.17, 15) is 19.7 Å². The second-order valence-corrected chi connectivity index (χ2v) is 10.5. The molecule has 1 unspecified atom stereocenters. The SMILES string of the molecule is Cc1sc2nc(SC(C)C(=O)Nc3ccccc3[N+](=O)[O-])n(C3CCCC3)c(=O)c2c1C. The number of aromatic nitrogens is 2. The van der Waals surface area contributed by atoms with E-state index in [0.29, 0.717) is 15.4 Å². The van der Waals surface area contributed by atoms with Crippen molar-refractivity contribution in [3.63, 3.8) is 0 Å². The average Bonchev–Trinajstić information content (AvgIpc) is 3.37. The number of aryl methyl sites for hydroxylation is 2. The van der Waals surface area contributed by atoms with Gasteiger partial charge in [-0.25, -0.2) is 4.98 Å². The van der Waals surface area contributed by atoms with Crippen LogP contribution in [0.4, 0.5) is 11.4 Å². The summed E-state index contributed by atoms with van der Waals surface area (Å²) in [6.45, 7) is 5.65. The van der Waals surface area contributed by atoms with Crippen LogP contribution < -0.4 is 10.9 Å². The van der Waals surface area contributed by atoms with Crippen LogP contribution >= 0.6 is 23.1 Å². The molecule has 1 atom stereocenters. The summed E-state index contributed by atoms with van der Waals surface area (Å²) >= 11 is 2.71. The molecule has 0 aliphatic heterocycles. The summed E-state index contributed by atoms with van der Waals surface area (Å²) < 4.78 is 1.77. The number of anilines is 1. The highest BCUT2D eigenvalue weighted by Gasteiger charge is 2.27. The van der Waals surface area contributed by atoms with Gasteiger partial charge in [-0.3, -0.25) is 24.3 Å². The Bertz CT molecular complexity index is 1260. The predicted octanol–water partition coefficient (Wildman–Crippen LogP) is 5.22. The van der Waals surface area contributed by atoms with Crippen LogP contribution in [0.15, 0.2) is 34.2 Å². The fraction of sp³-hybridized carbons (Fsp3) is 0.409. The van der Waals surface area contributed by atoms with Crippen LogP contribution in [0.3, 0.4) is 0 Å². The first-order chi connectivity index (χ1) is 15.3. The number of amides is 1. The van der Waals surface area contributed by atoms with Crippen molar-refractivity contribution >= 4 is 50.6 Å². The third-order valence-corrected chi connectivity index (χ3v) is 8.07. The molecule has 8 nitrogen and oxygen atoms in total. The quantitative estimate of drug-likeness (QED) is 0.228. The van der Waals surface area contributed by atoms with Crippen molar-refractivity contribution in [2.24, 2.45) is 0 Å². The maximum Gasteiger partial charge on any atom is 0.292 e. The lowest BCUT2D eigenvalue weighted by Gasteiger charge is -2.20. The summed E-state index contributed by atoms with van der Waals surface area (Å²) in [7, 11) is 0. The van der Waals surface area contributed by atoms with Crippen molar-refractivity contribution in [1.82, 2.24) is 9.55 Å². The van der Waals surface area contributed by atoms with E-state index < -0.39 is 10.2 Å². The van der Waals surface area contributed by atoms with E-state index in [1.807, 2.05) is 13.8 Å². The van der Waals surface area contributed by atoms with Gasteiger partial charge in [-0.15, -0.1) is 11.3 Å². The first kappa shape index (κ1) is 22.5. The van der Waals surface area contributed by atoms with Crippen molar-refractivity contribution in [2.45, 2.75) is 62.9 Å². The molecule has 1 aliphatic carbocycles. The predicted molar refractivity (Wildman–Crippen MR) is 128 cm³/mol. The second-order valence-electron chi connectivity index (χ2n) is 7.99. The summed E-state index contributed by atoms with van der Waals surface area (Å²) in [5.74, 6) is -0.379. The minimum atomic E-state index is -0.603. The number of para-hydroxylation sites is 2. The van der Waals surface area contributed by atoms with Gasteiger partial charge in [-0.1, -0.05) is 36.7 Å². The Kier molecular flexibility index (Phi) is 6.34. The van der Waals surface area contributed by atoms with Crippen LogP contribution in [0.25, 0.3) is 10.2 Å². The van der Waals surface area contributed by atoms with Gasteiger partial charge < -0.3 is 5.32 Å². The standard InChI is InChI=1S/C22H24N4O4S2/c1-12-13(2)31-20-18(12)21(28)25(15-8-4-5-9-15)22(24-20)32-14(3)19(27)23-16-10-6-7-11-17(16)26(29)30/h6-7,10-11,14-15H,4-5,8-9H2,1-3H3,(H,23,27). The first-order valence-electron chi connectivity index (χ1n) is 10.5. The molecule has 3 aromatic rings. The molecule has 32 heavy (non-hydrogen) atoms. The number of rotatable bonds is 6. The molecule has 0 saturated heterocycles. The van der Waals surface area contributed by atoms with E-state index in [1.165, 1.54) is 35.2 Å². The van der Waals surface area contributed by atoms with Crippen molar-refractivity contribution in [3.8, 4) is 0 Å². The highest BCUT2D eigenvalue weighted by Crippen LogP contribution is 2.36. The zero-order chi connectivity index (χ0) is 23.0. The van der Waals surface area contributed by atoms with Gasteiger partial charge in [0.2, 0.25) is 5.91 Å². The minimum Gasteiger partial charge on any atom is -0.319 e. The summed E-state index contributed by atoms with van der Waals surface area (Å²) in [6.07, 6.45) is 3.96. The Morgan fingerprint density at radius 2 is 2.00 bits per heavy atom. The molecule has 0 bridgehead atoms. The Morgan fingerprint density at radius 1 is 1.31 bits per heavy atom. The molecule has 2 aromatic heterocycles. The third-order valence-electron chi connectivity index (χ3n) is 5.90. The van der Waals surface area contributed by atoms with Gasteiger partial charge in [0, 0.05) is 17.0 Å². The number of fused-ring (bicyclic) bond motifs is 1. The number of nitrogens with one attached hydrogen (secondary N) is 1. The topological polar surface area (TPSA) is 107 Å². The number of thioether (sulfide) groups is 1. The van der Waals surface area contributed by atoms with Gasteiger partial charge in [0.15, 0.2) is 5.16 Å². The molecule has 0 spiro atoms. The normalized spacial score (nSPS) is 15.2. The first-order valence-corrected chi connectivity index (χ1v) is 12.2. The number of benzene rings is 1. The van der Waals surface area contributed by atoms with Gasteiger partial charge in [0.25, 0.3) is 11.2 Å². The molecule has 1 amide bonds. The molecular formula is C22H24N4O4S2. The Morgan fingerprint density at radius 3 is 2.69 bits per heavy atom. The number of nitro benzene ring substituents is 1. The van der Waals surface area contributed by atoms with Crippen LogP contribution in [-0.2, 0) is 4.79 Å². The third kappa shape index (κ3) is 4.16. The van der Waals surface area contributed by atoms with E-state index >= 15 is 0 Å². The van der Waals surface area contributed by atoms with Crippen molar-refractivity contribution in [1.29, 1.82) is 0 Å². The highest BCUT2D eigenvalue weighted by molar-refractivity contribution is 8.00. The van der Waals surface area contributed by atoms with E-state index in [-0.39, 0.29) is 28.9 Å². The smallest absolute Gasteiger partial charge is 0.292 e. The summed E-state index contributed by atoms with van der Waals surface area (Å²) in [4.78, 5) is 43.6. The number of carbonyl (C=O) groups excluding carboxylic acids is 1. The van der Waals surface area contributed by atoms with Gasteiger partial charge in [-0.05, 0) is 45.2 Å². The minimum absolute atomic E-state index is 0.0439. The van der Waals surface area contributed by atoms with Gasteiger partial charge in [-0.2, -0.15) is 0 Å². The van der Waals surface area contributed by atoms with Crippen LogP contribution in [0, 0.1) is 24.0 Å². The molecule has 168 valence electrons.